The van der Waals surface area contributed by atoms with E-state index < -0.39 is 0 Å². The molecule has 2 aromatic heterocycles. The quantitative estimate of drug-likeness (QED) is 0.666. The second kappa shape index (κ2) is 4.52. The predicted octanol–water partition coefficient (Wildman–Crippen LogP) is 1.28. The van der Waals surface area contributed by atoms with E-state index in [1.54, 1.807) is 16.0 Å². The molecule has 0 spiro atoms. The van der Waals surface area contributed by atoms with Gasteiger partial charge in [0.15, 0.2) is 5.82 Å². The van der Waals surface area contributed by atoms with Crippen molar-refractivity contribution < 1.29 is 0 Å². The number of fused-ring (bicyclic) bond motifs is 1. The fourth-order valence-corrected chi connectivity index (χ4v) is 3.01. The van der Waals surface area contributed by atoms with E-state index in [0.717, 1.165) is 15.2 Å². The molecule has 0 atom stereocenters. The molecule has 0 aliphatic heterocycles. The second-order valence-corrected chi connectivity index (χ2v) is 5.17. The van der Waals surface area contributed by atoms with Crippen LogP contribution in [0.15, 0.2) is 24.3 Å². The first-order valence-electron chi connectivity index (χ1n) is 5.88. The normalized spacial score (nSPS) is 11.2. The van der Waals surface area contributed by atoms with Gasteiger partial charge in [0.25, 0.3) is 0 Å². The van der Waals surface area contributed by atoms with E-state index in [4.69, 9.17) is 17.2 Å². The number of benzene rings is 1. The standard InChI is InChI=1S/C12H14N6S/c13-5-6-18-11(15)9(10(14)17-18)12-16-7-3-1-2-4-8(7)19-12/h1-4H,5-6,13,15H2,(H2,14,17). The van der Waals surface area contributed by atoms with Gasteiger partial charge < -0.3 is 17.2 Å². The van der Waals surface area contributed by atoms with Gasteiger partial charge in [0.05, 0.1) is 22.3 Å². The molecule has 0 radical (unpaired) electrons. The average Bonchev–Trinajstić information content (AvgIpc) is 2.91. The van der Waals surface area contributed by atoms with Crippen LogP contribution in [-0.4, -0.2) is 21.3 Å². The summed E-state index contributed by atoms with van der Waals surface area (Å²) in [5, 5.41) is 4.99. The zero-order chi connectivity index (χ0) is 13.4. The van der Waals surface area contributed by atoms with Crippen molar-refractivity contribution in [2.24, 2.45) is 5.73 Å². The number of thiazole rings is 1. The van der Waals surface area contributed by atoms with Crippen molar-refractivity contribution in [3.63, 3.8) is 0 Å². The third-order valence-corrected chi connectivity index (χ3v) is 3.92. The van der Waals surface area contributed by atoms with Crippen LogP contribution < -0.4 is 17.2 Å². The van der Waals surface area contributed by atoms with Gasteiger partial charge in [-0.1, -0.05) is 12.1 Å². The molecule has 6 nitrogen and oxygen atoms in total. The Morgan fingerprint density at radius 2 is 2.00 bits per heavy atom. The fourth-order valence-electron chi connectivity index (χ4n) is 1.99. The molecule has 2 heterocycles. The smallest absolute Gasteiger partial charge is 0.158 e. The summed E-state index contributed by atoms with van der Waals surface area (Å²) >= 11 is 1.55. The fraction of sp³-hybridized carbons (Fsp3) is 0.167. The minimum absolute atomic E-state index is 0.394. The monoisotopic (exact) mass is 274 g/mol. The van der Waals surface area contributed by atoms with Crippen molar-refractivity contribution in [2.75, 3.05) is 18.0 Å². The average molecular weight is 274 g/mol. The Morgan fingerprint density at radius 3 is 2.74 bits per heavy atom. The highest BCUT2D eigenvalue weighted by Crippen LogP contribution is 2.36. The Labute approximate surface area is 113 Å². The molecule has 0 aliphatic rings. The van der Waals surface area contributed by atoms with Gasteiger partial charge in [-0.3, -0.25) is 0 Å². The summed E-state index contributed by atoms with van der Waals surface area (Å²) in [4.78, 5) is 4.55. The number of aromatic nitrogens is 3. The number of hydrogen-bond donors (Lipinski definition) is 3. The van der Waals surface area contributed by atoms with Crippen LogP contribution in [0, 0.1) is 0 Å². The molecule has 98 valence electrons. The number of nitrogens with two attached hydrogens (primary N) is 3. The summed E-state index contributed by atoms with van der Waals surface area (Å²) < 4.78 is 2.72. The molecule has 0 amide bonds. The van der Waals surface area contributed by atoms with Gasteiger partial charge in [0.1, 0.15) is 10.8 Å². The van der Waals surface area contributed by atoms with E-state index in [1.165, 1.54) is 0 Å². The summed E-state index contributed by atoms with van der Waals surface area (Å²) in [5.41, 5.74) is 19.2. The van der Waals surface area contributed by atoms with Crippen LogP contribution in [0.5, 0.6) is 0 Å². The topological polar surface area (TPSA) is 109 Å². The lowest BCUT2D eigenvalue weighted by Crippen LogP contribution is -2.13. The Morgan fingerprint density at radius 1 is 1.21 bits per heavy atom. The molecule has 0 saturated carbocycles. The van der Waals surface area contributed by atoms with E-state index in [1.807, 2.05) is 24.3 Å². The Kier molecular flexibility index (Phi) is 2.84. The highest BCUT2D eigenvalue weighted by molar-refractivity contribution is 7.21. The van der Waals surface area contributed by atoms with Crippen molar-refractivity contribution in [3.05, 3.63) is 24.3 Å². The van der Waals surface area contributed by atoms with E-state index in [9.17, 15) is 0 Å². The van der Waals surface area contributed by atoms with Gasteiger partial charge in [0, 0.05) is 6.54 Å². The van der Waals surface area contributed by atoms with E-state index in [-0.39, 0.29) is 0 Å². The summed E-state index contributed by atoms with van der Waals surface area (Å²) in [6, 6.07) is 7.92. The molecule has 0 saturated heterocycles. The molecule has 0 aliphatic carbocycles. The van der Waals surface area contributed by atoms with E-state index in [2.05, 4.69) is 10.1 Å². The number of nitrogens with zero attached hydrogens (tertiary/aromatic N) is 3. The van der Waals surface area contributed by atoms with Crippen molar-refractivity contribution >= 4 is 33.2 Å². The zero-order valence-electron chi connectivity index (χ0n) is 10.2. The van der Waals surface area contributed by atoms with Gasteiger partial charge in [0.2, 0.25) is 0 Å². The van der Waals surface area contributed by atoms with Crippen LogP contribution in [0.1, 0.15) is 0 Å². The number of nitrogen functional groups attached to an aromatic ring is 2. The lowest BCUT2D eigenvalue weighted by atomic mass is 10.3. The highest BCUT2D eigenvalue weighted by atomic mass is 32.1. The molecule has 0 unspecified atom stereocenters. The summed E-state index contributed by atoms with van der Waals surface area (Å²) in [6.45, 7) is 1.01. The van der Waals surface area contributed by atoms with Gasteiger partial charge in [-0.2, -0.15) is 5.10 Å². The Balaban J connectivity index is 2.15. The van der Waals surface area contributed by atoms with Gasteiger partial charge >= 0.3 is 0 Å². The molecule has 0 fully saturated rings. The number of anilines is 2. The number of rotatable bonds is 3. The molecule has 19 heavy (non-hydrogen) atoms. The highest BCUT2D eigenvalue weighted by Gasteiger charge is 2.18. The van der Waals surface area contributed by atoms with Crippen LogP contribution in [0.2, 0.25) is 0 Å². The molecular weight excluding hydrogens is 260 g/mol. The second-order valence-electron chi connectivity index (χ2n) is 4.14. The Hall–Kier alpha value is -2.12. The molecule has 7 heteroatoms. The van der Waals surface area contributed by atoms with Crippen molar-refractivity contribution in [2.45, 2.75) is 6.54 Å². The molecule has 6 N–H and O–H groups in total. The third kappa shape index (κ3) is 1.92. The molecule has 3 rings (SSSR count). The first-order valence-corrected chi connectivity index (χ1v) is 6.70. The van der Waals surface area contributed by atoms with Crippen molar-refractivity contribution in [1.82, 2.24) is 14.8 Å². The third-order valence-electron chi connectivity index (χ3n) is 2.87. The maximum atomic E-state index is 6.08. The molecule has 3 aromatic rings. The van der Waals surface area contributed by atoms with Crippen LogP contribution in [0.3, 0.4) is 0 Å². The zero-order valence-corrected chi connectivity index (χ0v) is 11.0. The largest absolute Gasteiger partial charge is 0.383 e. The van der Waals surface area contributed by atoms with Gasteiger partial charge in [-0.25, -0.2) is 9.67 Å². The molecule has 1 aromatic carbocycles. The number of para-hydroxylation sites is 1. The van der Waals surface area contributed by atoms with Gasteiger partial charge in [-0.05, 0) is 12.1 Å². The molecular formula is C12H14N6S. The first kappa shape index (κ1) is 11.9. The Bertz CT molecular complexity index is 696. The lowest BCUT2D eigenvalue weighted by molar-refractivity contribution is 0.637. The van der Waals surface area contributed by atoms with Crippen LogP contribution in [0.25, 0.3) is 20.8 Å². The SMILES string of the molecule is NCCn1nc(N)c(-c2nc3ccccc3s2)c1N. The minimum Gasteiger partial charge on any atom is -0.383 e. The van der Waals surface area contributed by atoms with Crippen LogP contribution in [0.4, 0.5) is 11.6 Å². The first-order chi connectivity index (χ1) is 9.20. The van der Waals surface area contributed by atoms with Crippen molar-refractivity contribution in [1.29, 1.82) is 0 Å². The molecule has 0 bridgehead atoms. The van der Waals surface area contributed by atoms with Crippen LogP contribution >= 0.6 is 11.3 Å². The minimum atomic E-state index is 0.394. The maximum absolute atomic E-state index is 6.08. The number of hydrogen-bond acceptors (Lipinski definition) is 6. The summed E-state index contributed by atoms with van der Waals surface area (Å²) in [7, 11) is 0. The van der Waals surface area contributed by atoms with E-state index >= 15 is 0 Å². The van der Waals surface area contributed by atoms with E-state index in [0.29, 0.717) is 30.3 Å². The summed E-state index contributed by atoms with van der Waals surface area (Å²) in [6.07, 6.45) is 0. The summed E-state index contributed by atoms with van der Waals surface area (Å²) in [5.74, 6) is 0.909. The predicted molar refractivity (Wildman–Crippen MR) is 78.7 cm³/mol. The van der Waals surface area contributed by atoms with Crippen molar-refractivity contribution in [3.8, 4) is 10.6 Å². The lowest BCUT2D eigenvalue weighted by Gasteiger charge is -2.00. The maximum Gasteiger partial charge on any atom is 0.158 e. The van der Waals surface area contributed by atoms with Crippen LogP contribution in [-0.2, 0) is 6.54 Å². The van der Waals surface area contributed by atoms with Gasteiger partial charge in [-0.15, -0.1) is 11.3 Å².